The van der Waals surface area contributed by atoms with Gasteiger partial charge in [-0.3, -0.25) is 4.79 Å². The van der Waals surface area contributed by atoms with Gasteiger partial charge in [0.2, 0.25) is 0 Å². The minimum absolute atomic E-state index is 0.00410. The van der Waals surface area contributed by atoms with Crippen molar-refractivity contribution in [1.29, 1.82) is 0 Å². The molecule has 21 heavy (non-hydrogen) atoms. The molecule has 3 aromatic rings. The number of nitrogens with zero attached hydrogens (tertiary/aromatic N) is 1. The average Bonchev–Trinajstić information content (AvgIpc) is 2.78. The van der Waals surface area contributed by atoms with E-state index < -0.39 is 5.82 Å². The van der Waals surface area contributed by atoms with E-state index in [0.29, 0.717) is 5.56 Å². The smallest absolute Gasteiger partial charge is 0.198 e. The summed E-state index contributed by atoms with van der Waals surface area (Å²) < 4.78 is 15.9. The zero-order chi connectivity index (χ0) is 15.1. The normalized spacial score (nSPS) is 11.0. The van der Waals surface area contributed by atoms with E-state index in [-0.39, 0.29) is 16.4 Å². The van der Waals surface area contributed by atoms with Crippen molar-refractivity contribution in [3.05, 3.63) is 70.1 Å². The van der Waals surface area contributed by atoms with Crippen LogP contribution < -0.4 is 0 Å². The second-order valence-corrected chi connectivity index (χ2v) is 5.51. The second kappa shape index (κ2) is 5.01. The van der Waals surface area contributed by atoms with Crippen LogP contribution >= 0.6 is 11.6 Å². The van der Waals surface area contributed by atoms with E-state index in [1.807, 2.05) is 36.7 Å². The number of fused-ring (bicyclic) bond motifs is 1. The van der Waals surface area contributed by atoms with Crippen LogP contribution in [0, 0.1) is 12.7 Å². The van der Waals surface area contributed by atoms with Crippen molar-refractivity contribution >= 4 is 28.3 Å². The summed E-state index contributed by atoms with van der Waals surface area (Å²) in [5.74, 6) is -1.03. The molecular formula is C17H13ClFNO. The molecule has 0 unspecified atom stereocenters. The Balaban J connectivity index is 2.21. The fourth-order valence-electron chi connectivity index (χ4n) is 2.50. The fourth-order valence-corrected chi connectivity index (χ4v) is 2.67. The molecule has 0 amide bonds. The minimum atomic E-state index is -0.673. The highest BCUT2D eigenvalue weighted by molar-refractivity contribution is 6.31. The second-order valence-electron chi connectivity index (χ2n) is 5.10. The number of aromatic nitrogens is 1. The first kappa shape index (κ1) is 13.8. The number of hydrogen-bond acceptors (Lipinski definition) is 1. The molecule has 0 N–H and O–H groups in total. The lowest BCUT2D eigenvalue weighted by Gasteiger charge is -2.03. The zero-order valence-electron chi connectivity index (χ0n) is 11.7. The van der Waals surface area contributed by atoms with Gasteiger partial charge in [-0.25, -0.2) is 4.39 Å². The van der Waals surface area contributed by atoms with E-state index in [4.69, 9.17) is 11.6 Å². The topological polar surface area (TPSA) is 22.0 Å². The van der Waals surface area contributed by atoms with Crippen LogP contribution in [0.3, 0.4) is 0 Å². The highest BCUT2D eigenvalue weighted by Gasteiger charge is 2.20. The first-order chi connectivity index (χ1) is 9.99. The number of ketones is 1. The number of carbonyl (C=O) groups is 1. The van der Waals surface area contributed by atoms with Crippen molar-refractivity contribution in [2.24, 2.45) is 7.05 Å². The quantitative estimate of drug-likeness (QED) is 0.638. The lowest BCUT2D eigenvalue weighted by atomic mass is 10.0. The van der Waals surface area contributed by atoms with Crippen LogP contribution in [0.15, 0.2) is 42.6 Å². The lowest BCUT2D eigenvalue weighted by Crippen LogP contribution is -2.04. The van der Waals surface area contributed by atoms with Crippen molar-refractivity contribution in [2.45, 2.75) is 6.92 Å². The number of aryl methyl sites for hydroxylation is 2. The predicted octanol–water partition coefficient (Wildman–Crippen LogP) is 4.51. The molecule has 0 bridgehead atoms. The summed E-state index contributed by atoms with van der Waals surface area (Å²) in [5.41, 5.74) is 2.53. The van der Waals surface area contributed by atoms with Gasteiger partial charge < -0.3 is 4.57 Å². The maximum absolute atomic E-state index is 14.0. The maximum atomic E-state index is 14.0. The molecule has 106 valence electrons. The summed E-state index contributed by atoms with van der Waals surface area (Å²) in [6.45, 7) is 1.99. The molecular weight excluding hydrogens is 289 g/mol. The molecule has 0 aliphatic rings. The number of rotatable bonds is 2. The van der Waals surface area contributed by atoms with E-state index in [9.17, 15) is 9.18 Å². The lowest BCUT2D eigenvalue weighted by molar-refractivity contribution is 0.103. The molecule has 3 rings (SSSR count). The number of hydrogen-bond donors (Lipinski definition) is 0. The Hall–Kier alpha value is -2.13. The number of halogens is 2. The van der Waals surface area contributed by atoms with Crippen LogP contribution in [0.1, 0.15) is 21.5 Å². The van der Waals surface area contributed by atoms with Gasteiger partial charge in [-0.05, 0) is 30.7 Å². The third-order valence-corrected chi connectivity index (χ3v) is 3.88. The third kappa shape index (κ3) is 2.24. The molecule has 2 aromatic carbocycles. The first-order valence-corrected chi connectivity index (χ1v) is 6.91. The Morgan fingerprint density at radius 2 is 1.95 bits per heavy atom. The molecule has 0 atom stereocenters. The number of benzene rings is 2. The summed E-state index contributed by atoms with van der Waals surface area (Å²) in [5, 5.41) is 0.768. The molecule has 0 aliphatic carbocycles. The Morgan fingerprint density at radius 1 is 1.19 bits per heavy atom. The van der Waals surface area contributed by atoms with Crippen molar-refractivity contribution in [2.75, 3.05) is 0 Å². The van der Waals surface area contributed by atoms with Crippen LogP contribution in [0.2, 0.25) is 5.02 Å². The summed E-state index contributed by atoms with van der Waals surface area (Å²) in [7, 11) is 1.87. The molecule has 1 aromatic heterocycles. The van der Waals surface area contributed by atoms with E-state index in [1.54, 1.807) is 12.3 Å². The Morgan fingerprint density at radius 3 is 2.71 bits per heavy atom. The Labute approximate surface area is 126 Å². The standard InChI is InChI=1S/C17H13ClFNO/c1-10-6-7-11-13(9-20(2)15(11)8-10)17(21)12-4-3-5-14(18)16(12)19/h3-9H,1-2H3. The van der Waals surface area contributed by atoms with Crippen molar-refractivity contribution in [3.63, 3.8) is 0 Å². The Bertz CT molecular complexity index is 867. The average molecular weight is 302 g/mol. The Kier molecular flexibility index (Phi) is 3.30. The van der Waals surface area contributed by atoms with E-state index in [1.165, 1.54) is 12.1 Å². The molecule has 0 spiro atoms. The van der Waals surface area contributed by atoms with Gasteiger partial charge in [0.05, 0.1) is 10.6 Å². The summed E-state index contributed by atoms with van der Waals surface area (Å²) in [6.07, 6.45) is 1.73. The highest BCUT2D eigenvalue weighted by Crippen LogP contribution is 2.26. The maximum Gasteiger partial charge on any atom is 0.198 e. The summed E-state index contributed by atoms with van der Waals surface area (Å²) in [6, 6.07) is 10.3. The van der Waals surface area contributed by atoms with Gasteiger partial charge in [0.25, 0.3) is 0 Å². The van der Waals surface area contributed by atoms with Crippen LogP contribution in [0.5, 0.6) is 0 Å². The molecule has 2 nitrogen and oxygen atoms in total. The molecule has 0 aliphatic heterocycles. The van der Waals surface area contributed by atoms with Gasteiger partial charge in [-0.2, -0.15) is 0 Å². The van der Waals surface area contributed by atoms with E-state index >= 15 is 0 Å². The highest BCUT2D eigenvalue weighted by atomic mass is 35.5. The van der Waals surface area contributed by atoms with Crippen LogP contribution in [-0.2, 0) is 7.05 Å². The summed E-state index contributed by atoms with van der Waals surface area (Å²) in [4.78, 5) is 12.6. The van der Waals surface area contributed by atoms with Crippen LogP contribution in [0.25, 0.3) is 10.9 Å². The monoisotopic (exact) mass is 301 g/mol. The fraction of sp³-hybridized carbons (Fsp3) is 0.118. The summed E-state index contributed by atoms with van der Waals surface area (Å²) >= 11 is 5.76. The number of carbonyl (C=O) groups excluding carboxylic acids is 1. The molecule has 4 heteroatoms. The van der Waals surface area contributed by atoms with Gasteiger partial charge in [-0.15, -0.1) is 0 Å². The third-order valence-electron chi connectivity index (χ3n) is 3.59. The molecule has 0 saturated carbocycles. The van der Waals surface area contributed by atoms with E-state index in [2.05, 4.69) is 0 Å². The molecule has 0 saturated heterocycles. The van der Waals surface area contributed by atoms with Crippen molar-refractivity contribution in [1.82, 2.24) is 4.57 Å². The van der Waals surface area contributed by atoms with Gasteiger partial charge in [-0.1, -0.05) is 29.8 Å². The van der Waals surface area contributed by atoms with Gasteiger partial charge >= 0.3 is 0 Å². The predicted molar refractivity (Wildman–Crippen MR) is 82.5 cm³/mol. The largest absolute Gasteiger partial charge is 0.350 e. The minimum Gasteiger partial charge on any atom is -0.350 e. The van der Waals surface area contributed by atoms with Crippen LogP contribution in [0.4, 0.5) is 4.39 Å². The van der Waals surface area contributed by atoms with Gasteiger partial charge in [0.1, 0.15) is 0 Å². The van der Waals surface area contributed by atoms with Crippen LogP contribution in [-0.4, -0.2) is 10.4 Å². The molecule has 0 radical (unpaired) electrons. The van der Waals surface area contributed by atoms with Crippen molar-refractivity contribution in [3.8, 4) is 0 Å². The molecule has 0 fully saturated rings. The molecule has 1 heterocycles. The first-order valence-electron chi connectivity index (χ1n) is 6.53. The van der Waals surface area contributed by atoms with Gasteiger partial charge in [0.15, 0.2) is 11.6 Å². The SMILES string of the molecule is Cc1ccc2c(C(=O)c3cccc(Cl)c3F)cn(C)c2c1. The zero-order valence-corrected chi connectivity index (χ0v) is 12.4. The van der Waals surface area contributed by atoms with E-state index in [0.717, 1.165) is 16.5 Å². The van der Waals surface area contributed by atoms with Gasteiger partial charge in [0, 0.05) is 29.7 Å². The van der Waals surface area contributed by atoms with Crippen molar-refractivity contribution < 1.29 is 9.18 Å².